The van der Waals surface area contributed by atoms with Crippen LogP contribution in [0.4, 0.5) is 24.7 Å². The van der Waals surface area contributed by atoms with Gasteiger partial charge in [0.1, 0.15) is 5.82 Å². The number of pyridine rings is 2. The molecule has 2 aliphatic heterocycles. The second kappa shape index (κ2) is 10.6. The summed E-state index contributed by atoms with van der Waals surface area (Å²) >= 11 is 0. The van der Waals surface area contributed by atoms with Crippen LogP contribution in [-0.4, -0.2) is 53.3 Å². The molecule has 2 aromatic heterocycles. The molecular weight excluding hydrogens is 525 g/mol. The molecule has 0 unspecified atom stereocenters. The van der Waals surface area contributed by atoms with Gasteiger partial charge in [0.15, 0.2) is 0 Å². The number of aliphatic hydroxyl groups is 1. The second-order valence-corrected chi connectivity index (χ2v) is 10.3. The SMILES string of the molecule is Cc1ncc(NC(=O)c2cccc(C(F)(F)F)c2)cc1-c1cnc2c(c1)[C@@]1(C)CCOCC[C@@H]1C(=O)N2CCO. The van der Waals surface area contributed by atoms with E-state index < -0.39 is 23.1 Å². The first-order valence-corrected chi connectivity index (χ1v) is 13.0. The Hall–Kier alpha value is -3.83. The van der Waals surface area contributed by atoms with Gasteiger partial charge in [-0.05, 0) is 50.1 Å². The number of ether oxygens (including phenoxy) is 1. The fourth-order valence-corrected chi connectivity index (χ4v) is 5.58. The van der Waals surface area contributed by atoms with Crippen LogP contribution in [0.1, 0.15) is 46.9 Å². The third-order valence-electron chi connectivity index (χ3n) is 7.82. The van der Waals surface area contributed by atoms with Gasteiger partial charge in [-0.1, -0.05) is 13.0 Å². The Bertz CT molecular complexity index is 1460. The van der Waals surface area contributed by atoms with Crippen LogP contribution in [0.3, 0.4) is 0 Å². The summed E-state index contributed by atoms with van der Waals surface area (Å²) in [4.78, 5) is 36.8. The summed E-state index contributed by atoms with van der Waals surface area (Å²) in [5, 5.41) is 12.3. The molecule has 1 saturated heterocycles. The number of nitrogens with one attached hydrogen (secondary N) is 1. The van der Waals surface area contributed by atoms with Crippen molar-refractivity contribution < 1.29 is 32.6 Å². The summed E-state index contributed by atoms with van der Waals surface area (Å²) in [6, 6.07) is 7.89. The molecule has 2 N–H and O–H groups in total. The molecule has 0 aliphatic carbocycles. The Morgan fingerprint density at radius 1 is 1.20 bits per heavy atom. The van der Waals surface area contributed by atoms with Crippen molar-refractivity contribution in [2.75, 3.05) is 36.6 Å². The van der Waals surface area contributed by atoms with Gasteiger partial charge in [0.2, 0.25) is 5.91 Å². The number of carbonyl (C=O) groups is 2. The van der Waals surface area contributed by atoms with Crippen LogP contribution >= 0.6 is 0 Å². The first-order chi connectivity index (χ1) is 19.0. The van der Waals surface area contributed by atoms with Crippen molar-refractivity contribution in [2.45, 2.75) is 38.3 Å². The zero-order valence-corrected chi connectivity index (χ0v) is 22.1. The lowest BCUT2D eigenvalue weighted by atomic mass is 9.66. The minimum Gasteiger partial charge on any atom is -0.395 e. The molecule has 2 amide bonds. The number of benzene rings is 1. The highest BCUT2D eigenvalue weighted by molar-refractivity contribution is 6.04. The number of fused-ring (bicyclic) bond motifs is 3. The maximum atomic E-state index is 13.4. The van der Waals surface area contributed by atoms with Crippen molar-refractivity contribution in [3.63, 3.8) is 0 Å². The van der Waals surface area contributed by atoms with Crippen molar-refractivity contribution in [1.82, 2.24) is 9.97 Å². The molecule has 0 bridgehead atoms. The van der Waals surface area contributed by atoms with Gasteiger partial charge in [0.25, 0.3) is 5.91 Å². The quantitative estimate of drug-likeness (QED) is 0.472. The van der Waals surface area contributed by atoms with E-state index in [9.17, 15) is 27.9 Å². The van der Waals surface area contributed by atoms with Crippen molar-refractivity contribution in [2.24, 2.45) is 5.92 Å². The maximum absolute atomic E-state index is 13.4. The smallest absolute Gasteiger partial charge is 0.395 e. The molecule has 40 heavy (non-hydrogen) atoms. The Morgan fingerprint density at radius 2 is 2.00 bits per heavy atom. The van der Waals surface area contributed by atoms with Crippen molar-refractivity contribution in [3.8, 4) is 11.1 Å². The molecule has 4 heterocycles. The highest BCUT2D eigenvalue weighted by Crippen LogP contribution is 2.48. The lowest BCUT2D eigenvalue weighted by Crippen LogP contribution is -2.52. The van der Waals surface area contributed by atoms with E-state index in [4.69, 9.17) is 4.74 Å². The van der Waals surface area contributed by atoms with Crippen LogP contribution in [0.5, 0.6) is 0 Å². The van der Waals surface area contributed by atoms with E-state index in [0.717, 1.165) is 17.7 Å². The summed E-state index contributed by atoms with van der Waals surface area (Å²) in [5.41, 5.74) is 1.65. The molecule has 2 aliphatic rings. The minimum absolute atomic E-state index is 0.0769. The first-order valence-electron chi connectivity index (χ1n) is 13.0. The van der Waals surface area contributed by atoms with Crippen molar-refractivity contribution >= 4 is 23.3 Å². The molecule has 1 fully saturated rings. The molecule has 0 radical (unpaired) electrons. The molecule has 8 nitrogen and oxygen atoms in total. The summed E-state index contributed by atoms with van der Waals surface area (Å²) in [6.45, 7) is 4.74. The Labute approximate surface area is 229 Å². The number of aliphatic hydroxyl groups excluding tert-OH is 1. The number of aryl methyl sites for hydroxylation is 1. The molecule has 3 aromatic rings. The number of hydrogen-bond donors (Lipinski definition) is 2. The highest BCUT2D eigenvalue weighted by atomic mass is 19.4. The normalized spacial score (nSPS) is 20.9. The number of hydrogen-bond acceptors (Lipinski definition) is 6. The molecule has 5 rings (SSSR count). The van der Waals surface area contributed by atoms with E-state index in [2.05, 4.69) is 15.3 Å². The molecule has 210 valence electrons. The van der Waals surface area contributed by atoms with Gasteiger partial charge in [0, 0.05) is 52.8 Å². The monoisotopic (exact) mass is 554 g/mol. The third-order valence-corrected chi connectivity index (χ3v) is 7.82. The van der Waals surface area contributed by atoms with Gasteiger partial charge < -0.3 is 15.2 Å². The number of β-amino-alcohol motifs (C(OH)–C–C–N with tert-alkyl or cyclic N) is 1. The fraction of sp³-hybridized carbons (Fsp3) is 0.379. The van der Waals surface area contributed by atoms with Crippen molar-refractivity contribution in [3.05, 3.63) is 71.2 Å². The number of alkyl halides is 3. The second-order valence-electron chi connectivity index (χ2n) is 10.3. The first kappa shape index (κ1) is 27.7. The van der Waals surface area contributed by atoms with Crippen molar-refractivity contribution in [1.29, 1.82) is 0 Å². The Kier molecular flexibility index (Phi) is 7.36. The average Bonchev–Trinajstić information content (AvgIpc) is 3.14. The summed E-state index contributed by atoms with van der Waals surface area (Å²) in [7, 11) is 0. The van der Waals surface area contributed by atoms with E-state index >= 15 is 0 Å². The van der Waals surface area contributed by atoms with Crippen LogP contribution in [0.2, 0.25) is 0 Å². The van der Waals surface area contributed by atoms with Gasteiger partial charge >= 0.3 is 6.18 Å². The van der Waals surface area contributed by atoms with Gasteiger partial charge in [-0.3, -0.25) is 19.5 Å². The van der Waals surface area contributed by atoms with E-state index in [-0.39, 0.29) is 30.5 Å². The molecular formula is C29H29F3N4O4. The predicted octanol–water partition coefficient (Wildman–Crippen LogP) is 4.75. The fourth-order valence-electron chi connectivity index (χ4n) is 5.58. The van der Waals surface area contributed by atoms with E-state index in [1.165, 1.54) is 23.2 Å². The molecule has 1 aromatic carbocycles. The lowest BCUT2D eigenvalue weighted by molar-refractivity contribution is -0.137. The zero-order chi connectivity index (χ0) is 28.7. The largest absolute Gasteiger partial charge is 0.416 e. The van der Waals surface area contributed by atoms with Crippen LogP contribution in [-0.2, 0) is 21.1 Å². The number of carbonyl (C=O) groups excluding carboxylic acids is 2. The van der Waals surface area contributed by atoms with E-state index in [1.54, 1.807) is 19.2 Å². The standard InChI is InChI=1S/C29H29F3N4O4/c1-17-22(14-21(16-33-17)35-26(38)18-4-3-5-20(12-18)29(30,31)32)19-13-24-25(34-15-19)36(8-9-37)27(39)23-6-10-40-11-7-28(23,24)2/h3-5,12-16,23,37H,6-11H2,1-2H3,(H,35,38)/t23-,28+/m1/s1. The number of amides is 2. The van der Waals surface area contributed by atoms with Crippen LogP contribution in [0.25, 0.3) is 11.1 Å². The topological polar surface area (TPSA) is 105 Å². The van der Waals surface area contributed by atoms with Gasteiger partial charge in [0.05, 0.1) is 36.5 Å². The number of rotatable bonds is 5. The number of halogens is 3. The van der Waals surface area contributed by atoms with Crippen LogP contribution in [0.15, 0.2) is 48.8 Å². The third kappa shape index (κ3) is 5.06. The number of nitrogens with zero attached hydrogens (tertiary/aromatic N) is 3. The predicted molar refractivity (Wildman–Crippen MR) is 142 cm³/mol. The summed E-state index contributed by atoms with van der Waals surface area (Å²) in [6.07, 6.45) is -0.324. The summed E-state index contributed by atoms with van der Waals surface area (Å²) in [5.74, 6) is -0.600. The minimum atomic E-state index is -4.56. The molecule has 2 atom stereocenters. The van der Waals surface area contributed by atoms with E-state index in [0.29, 0.717) is 54.4 Å². The maximum Gasteiger partial charge on any atom is 0.416 e. The van der Waals surface area contributed by atoms with Crippen LogP contribution < -0.4 is 10.2 Å². The number of anilines is 2. The Morgan fingerprint density at radius 3 is 2.75 bits per heavy atom. The number of aromatic nitrogens is 2. The highest BCUT2D eigenvalue weighted by Gasteiger charge is 2.49. The van der Waals surface area contributed by atoms with Gasteiger partial charge in [-0.2, -0.15) is 13.2 Å². The molecule has 0 saturated carbocycles. The Balaban J connectivity index is 1.51. The lowest BCUT2D eigenvalue weighted by Gasteiger charge is -2.44. The van der Waals surface area contributed by atoms with Crippen LogP contribution in [0, 0.1) is 12.8 Å². The van der Waals surface area contributed by atoms with E-state index in [1.807, 2.05) is 13.0 Å². The van der Waals surface area contributed by atoms with Gasteiger partial charge in [-0.25, -0.2) is 4.98 Å². The molecule has 11 heteroatoms. The summed E-state index contributed by atoms with van der Waals surface area (Å²) < 4.78 is 45.1. The average molecular weight is 555 g/mol. The van der Waals surface area contributed by atoms with Gasteiger partial charge in [-0.15, -0.1) is 0 Å². The molecule has 0 spiro atoms. The zero-order valence-electron chi connectivity index (χ0n) is 22.1.